The third-order valence-corrected chi connectivity index (χ3v) is 6.50. The van der Waals surface area contributed by atoms with Crippen molar-refractivity contribution in [2.45, 2.75) is 11.8 Å². The van der Waals surface area contributed by atoms with Gasteiger partial charge in [0.05, 0.1) is 16.1 Å². The molecule has 7 heteroatoms. The molecule has 0 heterocycles. The van der Waals surface area contributed by atoms with E-state index >= 15 is 0 Å². The molecular weight excluding hydrogens is 470 g/mol. The number of hydrogen-bond donors (Lipinski definition) is 1. The number of aryl methyl sites for hydroxylation is 1. The van der Waals surface area contributed by atoms with Crippen molar-refractivity contribution in [1.82, 2.24) is 0 Å². The second-order valence-electron chi connectivity index (χ2n) is 5.55. The Labute approximate surface area is 162 Å². The second kappa shape index (κ2) is 6.90. The highest BCUT2D eigenvalue weighted by atomic mass is 79.9. The second-order valence-corrected chi connectivity index (χ2v) is 8.94. The first-order valence-electron chi connectivity index (χ1n) is 7.28. The Morgan fingerprint density at radius 1 is 1.00 bits per heavy atom. The van der Waals surface area contributed by atoms with Crippen LogP contribution in [0.15, 0.2) is 62.4 Å². The van der Waals surface area contributed by atoms with Gasteiger partial charge in [-0.05, 0) is 64.0 Å². The van der Waals surface area contributed by atoms with Crippen LogP contribution in [0.5, 0.6) is 0 Å². The molecule has 0 bridgehead atoms. The number of halogens is 2. The minimum Gasteiger partial charge on any atom is -0.298 e. The van der Waals surface area contributed by atoms with Crippen LogP contribution in [0.4, 0.5) is 5.69 Å². The number of sulfonamides is 1. The van der Waals surface area contributed by atoms with Gasteiger partial charge in [-0.25, -0.2) is 8.42 Å². The fourth-order valence-corrected chi connectivity index (χ4v) is 4.54. The molecule has 0 fully saturated rings. The molecule has 0 spiro atoms. The molecule has 0 aliphatic rings. The van der Waals surface area contributed by atoms with Crippen LogP contribution in [0, 0.1) is 6.92 Å². The first-order valence-corrected chi connectivity index (χ1v) is 10.3. The monoisotopic (exact) mass is 481 g/mol. The molecular formula is C18H13Br2NO3S. The van der Waals surface area contributed by atoms with Crippen molar-refractivity contribution in [3.8, 4) is 0 Å². The van der Waals surface area contributed by atoms with Crippen molar-refractivity contribution >= 4 is 64.6 Å². The molecule has 0 saturated heterocycles. The highest BCUT2D eigenvalue weighted by Crippen LogP contribution is 2.35. The van der Waals surface area contributed by atoms with Crippen molar-refractivity contribution in [2.24, 2.45) is 0 Å². The number of hydrogen-bond acceptors (Lipinski definition) is 3. The first kappa shape index (κ1) is 18.1. The van der Waals surface area contributed by atoms with Crippen molar-refractivity contribution in [3.63, 3.8) is 0 Å². The van der Waals surface area contributed by atoms with Crippen molar-refractivity contribution < 1.29 is 13.2 Å². The topological polar surface area (TPSA) is 63.2 Å². The van der Waals surface area contributed by atoms with Gasteiger partial charge in [0.15, 0.2) is 6.29 Å². The largest absolute Gasteiger partial charge is 0.298 e. The van der Waals surface area contributed by atoms with Gasteiger partial charge < -0.3 is 0 Å². The van der Waals surface area contributed by atoms with Gasteiger partial charge in [-0.15, -0.1) is 0 Å². The Morgan fingerprint density at radius 2 is 1.68 bits per heavy atom. The number of benzene rings is 3. The van der Waals surface area contributed by atoms with Crippen LogP contribution >= 0.6 is 31.9 Å². The van der Waals surface area contributed by atoms with E-state index in [4.69, 9.17) is 0 Å². The lowest BCUT2D eigenvalue weighted by Gasteiger charge is -2.14. The van der Waals surface area contributed by atoms with Gasteiger partial charge >= 0.3 is 0 Å². The summed E-state index contributed by atoms with van der Waals surface area (Å²) in [5.41, 5.74) is 1.45. The molecule has 0 amide bonds. The van der Waals surface area contributed by atoms with Crippen LogP contribution in [0.3, 0.4) is 0 Å². The van der Waals surface area contributed by atoms with E-state index in [-0.39, 0.29) is 16.1 Å². The molecule has 0 unspecified atom stereocenters. The molecule has 25 heavy (non-hydrogen) atoms. The Morgan fingerprint density at radius 3 is 2.32 bits per heavy atom. The van der Waals surface area contributed by atoms with Crippen molar-refractivity contribution in [1.29, 1.82) is 0 Å². The molecule has 0 aliphatic heterocycles. The maximum atomic E-state index is 12.6. The summed E-state index contributed by atoms with van der Waals surface area (Å²) in [6.07, 6.45) is 0.636. The summed E-state index contributed by atoms with van der Waals surface area (Å²) in [6, 6.07) is 13.7. The maximum absolute atomic E-state index is 12.6. The van der Waals surface area contributed by atoms with E-state index in [9.17, 15) is 13.2 Å². The molecule has 128 valence electrons. The zero-order valence-electron chi connectivity index (χ0n) is 13.1. The Balaban J connectivity index is 2.13. The molecule has 4 nitrogen and oxygen atoms in total. The van der Waals surface area contributed by atoms with E-state index in [1.807, 2.05) is 25.1 Å². The molecule has 3 aromatic rings. The summed E-state index contributed by atoms with van der Waals surface area (Å²) < 4.78 is 29.2. The fraction of sp³-hybridized carbons (Fsp3) is 0.0556. The molecule has 0 saturated carbocycles. The molecule has 0 radical (unpaired) electrons. The Kier molecular flexibility index (Phi) is 4.99. The standard InChI is InChI=1S/C18H13Br2NO3S/c1-11-2-6-14(7-3-11)25(23,24)21-17-8-12-4-5-13(19)9-15(12)18(20)16(17)10-22/h2-10,21H,1H3. The number of fused-ring (bicyclic) bond motifs is 1. The quantitative estimate of drug-likeness (QED) is 0.514. The number of nitrogens with one attached hydrogen (secondary N) is 1. The van der Waals surface area contributed by atoms with Crippen LogP contribution in [-0.2, 0) is 10.0 Å². The third kappa shape index (κ3) is 3.63. The van der Waals surface area contributed by atoms with Crippen LogP contribution in [0.2, 0.25) is 0 Å². The Hall–Kier alpha value is -1.70. The van der Waals surface area contributed by atoms with E-state index in [0.29, 0.717) is 10.8 Å². The number of rotatable bonds is 4. The third-order valence-electron chi connectivity index (χ3n) is 3.77. The SMILES string of the molecule is Cc1ccc(S(=O)(=O)Nc2cc3ccc(Br)cc3c(Br)c2C=O)cc1. The van der Waals surface area contributed by atoms with E-state index in [1.165, 1.54) is 12.1 Å². The first-order chi connectivity index (χ1) is 11.8. The van der Waals surface area contributed by atoms with Gasteiger partial charge in [0.1, 0.15) is 0 Å². The minimum atomic E-state index is -3.80. The summed E-state index contributed by atoms with van der Waals surface area (Å²) in [6.45, 7) is 1.88. The smallest absolute Gasteiger partial charge is 0.261 e. The lowest BCUT2D eigenvalue weighted by atomic mass is 10.1. The zero-order chi connectivity index (χ0) is 18.2. The highest BCUT2D eigenvalue weighted by Gasteiger charge is 2.19. The van der Waals surface area contributed by atoms with Gasteiger partial charge in [0.25, 0.3) is 10.0 Å². The van der Waals surface area contributed by atoms with Gasteiger partial charge in [-0.2, -0.15) is 0 Å². The predicted octanol–water partition coefficient (Wildman–Crippen LogP) is 5.29. The van der Waals surface area contributed by atoms with Crippen molar-refractivity contribution in [3.05, 3.63) is 68.6 Å². The lowest BCUT2D eigenvalue weighted by molar-refractivity contribution is 0.112. The highest BCUT2D eigenvalue weighted by molar-refractivity contribution is 9.11. The van der Waals surface area contributed by atoms with Gasteiger partial charge in [0, 0.05) is 8.95 Å². The number of anilines is 1. The Bertz CT molecular complexity index is 1080. The summed E-state index contributed by atoms with van der Waals surface area (Å²) in [5.74, 6) is 0. The maximum Gasteiger partial charge on any atom is 0.261 e. The lowest BCUT2D eigenvalue weighted by Crippen LogP contribution is -2.14. The molecule has 0 aromatic heterocycles. The minimum absolute atomic E-state index is 0.141. The summed E-state index contributed by atoms with van der Waals surface area (Å²) in [7, 11) is -3.80. The molecule has 3 aromatic carbocycles. The fourth-order valence-electron chi connectivity index (χ4n) is 2.46. The van der Waals surface area contributed by atoms with Crippen molar-refractivity contribution in [2.75, 3.05) is 4.72 Å². The summed E-state index contributed by atoms with van der Waals surface area (Å²) in [4.78, 5) is 11.7. The zero-order valence-corrected chi connectivity index (χ0v) is 17.1. The average molecular weight is 483 g/mol. The van der Waals surface area contributed by atoms with Crippen LogP contribution in [0.1, 0.15) is 15.9 Å². The number of carbonyl (C=O) groups excluding carboxylic acids is 1. The predicted molar refractivity (Wildman–Crippen MR) is 107 cm³/mol. The van der Waals surface area contributed by atoms with Crippen LogP contribution in [0.25, 0.3) is 10.8 Å². The molecule has 0 atom stereocenters. The number of aldehydes is 1. The van der Waals surface area contributed by atoms with Gasteiger partial charge in [-0.1, -0.05) is 39.7 Å². The van der Waals surface area contributed by atoms with Crippen LogP contribution in [-0.4, -0.2) is 14.7 Å². The van der Waals surface area contributed by atoms with E-state index < -0.39 is 10.0 Å². The summed E-state index contributed by atoms with van der Waals surface area (Å²) in [5, 5.41) is 1.62. The van der Waals surface area contributed by atoms with E-state index in [2.05, 4.69) is 36.6 Å². The molecule has 3 rings (SSSR count). The molecule has 1 N–H and O–H groups in total. The van der Waals surface area contributed by atoms with E-state index in [1.54, 1.807) is 18.2 Å². The number of carbonyl (C=O) groups is 1. The van der Waals surface area contributed by atoms with E-state index in [0.717, 1.165) is 20.8 Å². The molecule has 0 aliphatic carbocycles. The van der Waals surface area contributed by atoms with Gasteiger partial charge in [-0.3, -0.25) is 9.52 Å². The van der Waals surface area contributed by atoms with Gasteiger partial charge in [0.2, 0.25) is 0 Å². The normalized spacial score (nSPS) is 11.5. The average Bonchev–Trinajstić information content (AvgIpc) is 2.56. The van der Waals surface area contributed by atoms with Crippen LogP contribution < -0.4 is 4.72 Å². The summed E-state index contributed by atoms with van der Waals surface area (Å²) >= 11 is 6.81.